The molecule has 1 amide bonds. The maximum Gasteiger partial charge on any atom is 0.275 e. The summed E-state index contributed by atoms with van der Waals surface area (Å²) >= 11 is 0. The molecule has 1 aromatic carbocycles. The lowest BCUT2D eigenvalue weighted by Gasteiger charge is -2.16. The molecule has 0 aliphatic heterocycles. The number of benzene rings is 1. The van der Waals surface area contributed by atoms with Crippen LogP contribution in [-0.4, -0.2) is 28.5 Å². The molecule has 6 nitrogen and oxygen atoms in total. The lowest BCUT2D eigenvalue weighted by Crippen LogP contribution is -2.20. The summed E-state index contributed by atoms with van der Waals surface area (Å²) in [6.45, 7) is 2.55. The number of anilines is 2. The molecule has 6 heteroatoms. The molecule has 1 saturated carbocycles. The average molecular weight is 354 g/mol. The molecule has 1 heterocycles. The van der Waals surface area contributed by atoms with E-state index in [1.807, 2.05) is 19.1 Å². The molecule has 0 bridgehead atoms. The van der Waals surface area contributed by atoms with Gasteiger partial charge < -0.3 is 15.4 Å². The van der Waals surface area contributed by atoms with E-state index in [0.29, 0.717) is 24.0 Å². The molecule has 0 radical (unpaired) electrons. The summed E-state index contributed by atoms with van der Waals surface area (Å²) in [5, 5.41) is 6.25. The van der Waals surface area contributed by atoms with Crippen molar-refractivity contribution in [2.24, 2.45) is 0 Å². The van der Waals surface area contributed by atoms with Crippen LogP contribution < -0.4 is 15.4 Å². The Labute approximate surface area is 154 Å². The number of carbonyl (C=O) groups is 1. The summed E-state index contributed by atoms with van der Waals surface area (Å²) in [4.78, 5) is 20.9. The summed E-state index contributed by atoms with van der Waals surface area (Å²) in [5.74, 6) is 1.23. The smallest absolute Gasteiger partial charge is 0.275 e. The molecular weight excluding hydrogens is 328 g/mol. The quantitative estimate of drug-likeness (QED) is 0.758. The molecule has 0 saturated heterocycles. The van der Waals surface area contributed by atoms with Crippen LogP contribution in [0.25, 0.3) is 0 Å². The Morgan fingerprint density at radius 3 is 2.42 bits per heavy atom. The zero-order chi connectivity index (χ0) is 18.2. The number of nitrogens with one attached hydrogen (secondary N) is 2. The first-order valence-electron chi connectivity index (χ1n) is 9.37. The summed E-state index contributed by atoms with van der Waals surface area (Å²) in [6, 6.07) is 7.71. The molecular formula is C20H26N4O2. The van der Waals surface area contributed by atoms with Gasteiger partial charge >= 0.3 is 0 Å². The van der Waals surface area contributed by atoms with Crippen molar-refractivity contribution < 1.29 is 9.53 Å². The van der Waals surface area contributed by atoms with Crippen LogP contribution in [0.5, 0.6) is 5.75 Å². The number of rotatable bonds is 6. The number of aromatic nitrogens is 2. The summed E-state index contributed by atoms with van der Waals surface area (Å²) in [6.07, 6.45) is 10.6. The van der Waals surface area contributed by atoms with Crippen LogP contribution in [-0.2, 0) is 0 Å². The normalized spacial score (nSPS) is 15.1. The summed E-state index contributed by atoms with van der Waals surface area (Å²) in [5.41, 5.74) is 0.992. The van der Waals surface area contributed by atoms with E-state index in [2.05, 4.69) is 20.6 Å². The van der Waals surface area contributed by atoms with Crippen molar-refractivity contribution in [2.45, 2.75) is 51.5 Å². The zero-order valence-electron chi connectivity index (χ0n) is 15.2. The lowest BCUT2D eigenvalue weighted by atomic mass is 10.1. The number of nitrogens with zero attached hydrogens (tertiary/aromatic N) is 2. The highest BCUT2D eigenvalue weighted by Gasteiger charge is 2.13. The van der Waals surface area contributed by atoms with Crippen LogP contribution in [0.4, 0.5) is 11.5 Å². The third-order valence-electron chi connectivity index (χ3n) is 4.51. The molecule has 2 aromatic rings. The Bertz CT molecular complexity index is 693. The highest BCUT2D eigenvalue weighted by Crippen LogP contribution is 2.20. The van der Waals surface area contributed by atoms with Gasteiger partial charge in [0.15, 0.2) is 0 Å². The van der Waals surface area contributed by atoms with Gasteiger partial charge in [-0.3, -0.25) is 4.79 Å². The number of ether oxygens (including phenoxy) is 1. The van der Waals surface area contributed by atoms with Gasteiger partial charge in [-0.1, -0.05) is 25.7 Å². The van der Waals surface area contributed by atoms with Crippen molar-refractivity contribution in [3.05, 3.63) is 42.4 Å². The molecule has 26 heavy (non-hydrogen) atoms. The highest BCUT2D eigenvalue weighted by atomic mass is 16.5. The van der Waals surface area contributed by atoms with Crippen LogP contribution in [0.15, 0.2) is 36.7 Å². The molecule has 1 aliphatic rings. The molecule has 0 spiro atoms. The number of hydrogen-bond donors (Lipinski definition) is 2. The Kier molecular flexibility index (Phi) is 6.41. The lowest BCUT2D eigenvalue weighted by molar-refractivity contribution is 0.102. The number of amides is 1. The van der Waals surface area contributed by atoms with Gasteiger partial charge in [0.25, 0.3) is 5.91 Å². The second kappa shape index (κ2) is 9.17. The molecule has 0 atom stereocenters. The van der Waals surface area contributed by atoms with Crippen molar-refractivity contribution in [3.63, 3.8) is 0 Å². The zero-order valence-corrected chi connectivity index (χ0v) is 15.2. The second-order valence-electron chi connectivity index (χ2n) is 6.53. The van der Waals surface area contributed by atoms with Gasteiger partial charge in [-0.05, 0) is 44.0 Å². The fraction of sp³-hybridized carbons (Fsp3) is 0.450. The minimum Gasteiger partial charge on any atom is -0.494 e. The molecule has 1 fully saturated rings. The van der Waals surface area contributed by atoms with Gasteiger partial charge in [0.1, 0.15) is 17.3 Å². The Balaban J connectivity index is 1.56. The first-order chi connectivity index (χ1) is 12.7. The van der Waals surface area contributed by atoms with Gasteiger partial charge in [-0.25, -0.2) is 9.97 Å². The maximum atomic E-state index is 12.3. The van der Waals surface area contributed by atoms with Gasteiger partial charge in [0.2, 0.25) is 0 Å². The fourth-order valence-electron chi connectivity index (χ4n) is 3.15. The van der Waals surface area contributed by atoms with E-state index >= 15 is 0 Å². The number of carbonyl (C=O) groups excluding carboxylic acids is 1. The molecule has 0 unspecified atom stereocenters. The third-order valence-corrected chi connectivity index (χ3v) is 4.51. The van der Waals surface area contributed by atoms with E-state index < -0.39 is 0 Å². The molecule has 1 aromatic heterocycles. The third kappa shape index (κ3) is 5.18. The van der Waals surface area contributed by atoms with Crippen LogP contribution in [0.1, 0.15) is 55.9 Å². The molecule has 3 rings (SSSR count). The topological polar surface area (TPSA) is 76.1 Å². The summed E-state index contributed by atoms with van der Waals surface area (Å²) < 4.78 is 5.39. The van der Waals surface area contributed by atoms with E-state index in [1.54, 1.807) is 18.3 Å². The van der Waals surface area contributed by atoms with Gasteiger partial charge in [0.05, 0.1) is 19.0 Å². The largest absolute Gasteiger partial charge is 0.494 e. The second-order valence-corrected chi connectivity index (χ2v) is 6.53. The predicted octanol–water partition coefficient (Wildman–Crippen LogP) is 4.26. The van der Waals surface area contributed by atoms with E-state index in [-0.39, 0.29) is 5.91 Å². The van der Waals surface area contributed by atoms with Crippen molar-refractivity contribution in [2.75, 3.05) is 17.2 Å². The fourth-order valence-corrected chi connectivity index (χ4v) is 3.15. The molecule has 138 valence electrons. The van der Waals surface area contributed by atoms with Crippen LogP contribution in [0, 0.1) is 0 Å². The van der Waals surface area contributed by atoms with Crippen LogP contribution in [0.2, 0.25) is 0 Å². The summed E-state index contributed by atoms with van der Waals surface area (Å²) in [7, 11) is 0. The van der Waals surface area contributed by atoms with Gasteiger partial charge in [-0.2, -0.15) is 0 Å². The molecule has 2 N–H and O–H groups in total. The first kappa shape index (κ1) is 18.2. The Hall–Kier alpha value is -2.63. The standard InChI is InChI=1S/C20H26N4O2/c1-2-26-17-11-9-16(10-12-17)24-20(25)18-13-22-19(14-21-18)23-15-7-5-3-4-6-8-15/h9-15H,2-8H2,1H3,(H,22,23)(H,24,25). The van der Waals surface area contributed by atoms with Crippen molar-refractivity contribution in [3.8, 4) is 5.75 Å². The van der Waals surface area contributed by atoms with Gasteiger partial charge in [0, 0.05) is 11.7 Å². The van der Waals surface area contributed by atoms with Gasteiger partial charge in [-0.15, -0.1) is 0 Å². The van der Waals surface area contributed by atoms with Crippen molar-refractivity contribution in [1.82, 2.24) is 9.97 Å². The minimum atomic E-state index is -0.275. The Morgan fingerprint density at radius 2 is 1.81 bits per heavy atom. The van der Waals surface area contributed by atoms with Crippen LogP contribution >= 0.6 is 0 Å². The average Bonchev–Trinajstić information content (AvgIpc) is 2.93. The van der Waals surface area contributed by atoms with E-state index in [9.17, 15) is 4.79 Å². The first-order valence-corrected chi connectivity index (χ1v) is 9.37. The van der Waals surface area contributed by atoms with Crippen molar-refractivity contribution >= 4 is 17.4 Å². The Morgan fingerprint density at radius 1 is 1.08 bits per heavy atom. The molecule has 1 aliphatic carbocycles. The SMILES string of the molecule is CCOc1ccc(NC(=O)c2cnc(NC3CCCCCC3)cn2)cc1. The van der Waals surface area contributed by atoms with Crippen molar-refractivity contribution in [1.29, 1.82) is 0 Å². The van der Waals surface area contributed by atoms with E-state index in [4.69, 9.17) is 4.74 Å². The highest BCUT2D eigenvalue weighted by molar-refractivity contribution is 6.02. The number of hydrogen-bond acceptors (Lipinski definition) is 5. The monoisotopic (exact) mass is 354 g/mol. The van der Waals surface area contributed by atoms with E-state index in [0.717, 1.165) is 11.6 Å². The van der Waals surface area contributed by atoms with Crippen LogP contribution in [0.3, 0.4) is 0 Å². The maximum absolute atomic E-state index is 12.3. The predicted molar refractivity (Wildman–Crippen MR) is 103 cm³/mol. The minimum absolute atomic E-state index is 0.275. The van der Waals surface area contributed by atoms with E-state index in [1.165, 1.54) is 44.7 Å².